The number of anilines is 1. The fourth-order valence-electron chi connectivity index (χ4n) is 3.15. The zero-order valence-electron chi connectivity index (χ0n) is 16.0. The maximum Gasteiger partial charge on any atom is 0.321 e. The van der Waals surface area contributed by atoms with Crippen LogP contribution in [-0.2, 0) is 10.0 Å². The van der Waals surface area contributed by atoms with Gasteiger partial charge < -0.3 is 10.1 Å². The number of carbonyl (C=O) groups is 1. The van der Waals surface area contributed by atoms with Crippen molar-refractivity contribution in [3.05, 3.63) is 59.0 Å². The van der Waals surface area contributed by atoms with Crippen molar-refractivity contribution in [3.8, 4) is 11.8 Å². The summed E-state index contributed by atoms with van der Waals surface area (Å²) in [4.78, 5) is 21.0. The Hall–Kier alpha value is -2.82. The highest BCUT2D eigenvalue weighted by Crippen LogP contribution is 2.28. The molecule has 1 N–H and O–H groups in total. The molecule has 1 aromatic carbocycles. The zero-order valence-corrected chi connectivity index (χ0v) is 17.7. The Balaban J connectivity index is 1.46. The number of piperidine rings is 1. The molecule has 3 heterocycles. The van der Waals surface area contributed by atoms with Crippen molar-refractivity contribution in [1.82, 2.24) is 14.3 Å². The number of hydrogen-bond donors (Lipinski definition) is 1. The minimum Gasteiger partial charge on any atom is -0.424 e. The molecule has 0 spiro atoms. The third-order valence-electron chi connectivity index (χ3n) is 4.63. The van der Waals surface area contributed by atoms with Gasteiger partial charge in [0.2, 0.25) is 10.0 Å². The topological polar surface area (TPSA) is 101 Å². The molecule has 0 bridgehead atoms. The van der Waals surface area contributed by atoms with Crippen molar-refractivity contribution in [2.75, 3.05) is 18.4 Å². The van der Waals surface area contributed by atoms with Gasteiger partial charge in [-0.1, -0.05) is 6.42 Å². The minimum absolute atomic E-state index is 0.0630. The largest absolute Gasteiger partial charge is 0.424 e. The number of ether oxygens (including phenoxy) is 1. The van der Waals surface area contributed by atoms with E-state index in [1.165, 1.54) is 10.4 Å². The van der Waals surface area contributed by atoms with Crippen LogP contribution in [-0.4, -0.2) is 41.7 Å². The van der Waals surface area contributed by atoms with Gasteiger partial charge in [-0.15, -0.1) is 11.3 Å². The smallest absolute Gasteiger partial charge is 0.321 e. The van der Waals surface area contributed by atoms with Crippen LogP contribution in [0.25, 0.3) is 0 Å². The molecule has 156 valence electrons. The number of nitrogens with zero attached hydrogens (tertiary/aromatic N) is 3. The monoisotopic (exact) mass is 444 g/mol. The summed E-state index contributed by atoms with van der Waals surface area (Å²) in [6.07, 6.45) is 5.86. The Morgan fingerprint density at radius 2 is 1.73 bits per heavy atom. The molecule has 3 aromatic rings. The molecule has 1 aliphatic heterocycles. The van der Waals surface area contributed by atoms with E-state index < -0.39 is 15.9 Å². The summed E-state index contributed by atoms with van der Waals surface area (Å²) >= 11 is 1.11. The number of thiophene rings is 1. The molecule has 30 heavy (non-hydrogen) atoms. The van der Waals surface area contributed by atoms with Crippen LogP contribution in [0.15, 0.2) is 59.1 Å². The Bertz CT molecular complexity index is 1110. The van der Waals surface area contributed by atoms with Gasteiger partial charge in [-0.2, -0.15) is 4.31 Å². The van der Waals surface area contributed by atoms with E-state index in [4.69, 9.17) is 4.74 Å². The first-order chi connectivity index (χ1) is 14.5. The molecule has 1 fully saturated rings. The van der Waals surface area contributed by atoms with Gasteiger partial charge in [0.1, 0.15) is 15.5 Å². The second-order valence-electron chi connectivity index (χ2n) is 6.69. The van der Waals surface area contributed by atoms with Gasteiger partial charge in [0.25, 0.3) is 5.91 Å². The van der Waals surface area contributed by atoms with Gasteiger partial charge in [0.05, 0.1) is 0 Å². The third kappa shape index (κ3) is 4.50. The number of nitrogens with one attached hydrogen (secondary N) is 1. The second-order valence-corrected chi connectivity index (χ2v) is 9.51. The molecule has 4 rings (SSSR count). The van der Waals surface area contributed by atoms with Crippen LogP contribution in [0.5, 0.6) is 11.8 Å². The lowest BCUT2D eigenvalue weighted by atomic mass is 10.2. The molecular formula is C20H20N4O4S2. The predicted molar refractivity (Wildman–Crippen MR) is 113 cm³/mol. The quantitative estimate of drug-likeness (QED) is 0.621. The summed E-state index contributed by atoms with van der Waals surface area (Å²) < 4.78 is 32.9. The number of benzene rings is 1. The lowest BCUT2D eigenvalue weighted by molar-refractivity contribution is 0.102. The highest BCUT2D eigenvalue weighted by Gasteiger charge is 2.31. The predicted octanol–water partition coefficient (Wildman–Crippen LogP) is 3.76. The zero-order chi connectivity index (χ0) is 21.0. The summed E-state index contributed by atoms with van der Waals surface area (Å²) in [5, 5.41) is 4.38. The van der Waals surface area contributed by atoms with Gasteiger partial charge >= 0.3 is 6.01 Å². The van der Waals surface area contributed by atoms with Gasteiger partial charge in [-0.05, 0) is 54.6 Å². The first-order valence-electron chi connectivity index (χ1n) is 9.48. The van der Waals surface area contributed by atoms with Crippen LogP contribution in [0.3, 0.4) is 0 Å². The summed E-state index contributed by atoms with van der Waals surface area (Å²) in [5.41, 5.74) is 0.524. The van der Waals surface area contributed by atoms with Crippen LogP contribution in [0.2, 0.25) is 0 Å². The molecule has 1 aliphatic rings. The molecule has 0 saturated carbocycles. The van der Waals surface area contributed by atoms with E-state index in [9.17, 15) is 13.2 Å². The summed E-state index contributed by atoms with van der Waals surface area (Å²) in [7, 11) is -3.68. The number of amides is 1. The van der Waals surface area contributed by atoms with Gasteiger partial charge in [-0.3, -0.25) is 4.79 Å². The Morgan fingerprint density at radius 1 is 1.03 bits per heavy atom. The van der Waals surface area contributed by atoms with Crippen molar-refractivity contribution in [1.29, 1.82) is 0 Å². The number of hydrogen-bond acceptors (Lipinski definition) is 7. The van der Waals surface area contributed by atoms with E-state index in [0.29, 0.717) is 24.5 Å². The molecule has 8 nitrogen and oxygen atoms in total. The maximum absolute atomic E-state index is 13.0. The molecule has 0 radical (unpaired) electrons. The van der Waals surface area contributed by atoms with Crippen molar-refractivity contribution in [3.63, 3.8) is 0 Å². The lowest BCUT2D eigenvalue weighted by Gasteiger charge is -2.25. The Kier molecular flexibility index (Phi) is 6.07. The maximum atomic E-state index is 13.0. The van der Waals surface area contributed by atoms with Gasteiger partial charge in [0.15, 0.2) is 0 Å². The SMILES string of the molecule is O=C(Nc1ccc(Oc2ncccn2)cc1)c1sccc1S(=O)(=O)N1CCCCC1. The standard InChI is InChI=1S/C20H20N4O4S2/c25-19(18-17(9-14-29-18)30(26,27)24-12-2-1-3-13-24)23-15-5-7-16(8-6-15)28-20-21-10-4-11-22-20/h4-11,14H,1-3,12-13H2,(H,23,25). The normalized spacial score (nSPS) is 14.9. The highest BCUT2D eigenvalue weighted by molar-refractivity contribution is 7.89. The molecule has 0 unspecified atom stereocenters. The Labute approximate surface area is 178 Å². The third-order valence-corrected chi connectivity index (χ3v) is 7.61. The van der Waals surface area contributed by atoms with Crippen molar-refractivity contribution >= 4 is 33.0 Å². The number of aromatic nitrogens is 2. The number of sulfonamides is 1. The van der Waals surface area contributed by atoms with Gasteiger partial charge in [-0.25, -0.2) is 18.4 Å². The van der Waals surface area contributed by atoms with Crippen molar-refractivity contribution < 1.29 is 17.9 Å². The van der Waals surface area contributed by atoms with Crippen LogP contribution < -0.4 is 10.1 Å². The molecule has 1 amide bonds. The van der Waals surface area contributed by atoms with E-state index >= 15 is 0 Å². The van der Waals surface area contributed by atoms with E-state index in [1.807, 2.05) is 0 Å². The average molecular weight is 445 g/mol. The highest BCUT2D eigenvalue weighted by atomic mass is 32.2. The summed E-state index contributed by atoms with van der Waals surface area (Å²) in [6.45, 7) is 0.984. The number of rotatable bonds is 6. The Morgan fingerprint density at radius 3 is 2.43 bits per heavy atom. The first kappa shape index (κ1) is 20.5. The number of carbonyl (C=O) groups excluding carboxylic acids is 1. The first-order valence-corrected chi connectivity index (χ1v) is 11.8. The molecule has 0 aliphatic carbocycles. The lowest BCUT2D eigenvalue weighted by Crippen LogP contribution is -2.36. The van der Waals surface area contributed by atoms with E-state index in [2.05, 4.69) is 15.3 Å². The molecular weight excluding hydrogens is 424 g/mol. The van der Waals surface area contributed by atoms with Crippen LogP contribution in [0.1, 0.15) is 28.9 Å². The molecule has 2 aromatic heterocycles. The summed E-state index contributed by atoms with van der Waals surface area (Å²) in [5.74, 6) is 0.0596. The second kappa shape index (κ2) is 8.90. The fraction of sp³-hybridized carbons (Fsp3) is 0.250. The van der Waals surface area contributed by atoms with E-state index in [-0.39, 0.29) is 15.8 Å². The van der Waals surface area contributed by atoms with E-state index in [1.54, 1.807) is 48.1 Å². The molecule has 1 saturated heterocycles. The molecule has 0 atom stereocenters. The average Bonchev–Trinajstić information content (AvgIpc) is 3.28. The van der Waals surface area contributed by atoms with E-state index in [0.717, 1.165) is 30.6 Å². The van der Waals surface area contributed by atoms with Crippen molar-refractivity contribution in [2.45, 2.75) is 24.2 Å². The fourth-order valence-corrected chi connectivity index (χ4v) is 5.96. The van der Waals surface area contributed by atoms with Crippen LogP contribution >= 0.6 is 11.3 Å². The van der Waals surface area contributed by atoms with Crippen LogP contribution in [0.4, 0.5) is 5.69 Å². The van der Waals surface area contributed by atoms with Crippen LogP contribution in [0, 0.1) is 0 Å². The summed E-state index contributed by atoms with van der Waals surface area (Å²) in [6, 6.07) is 10.1. The van der Waals surface area contributed by atoms with Crippen molar-refractivity contribution in [2.24, 2.45) is 0 Å². The minimum atomic E-state index is -3.68. The molecule has 10 heteroatoms. The van der Waals surface area contributed by atoms with Gasteiger partial charge in [0, 0.05) is 31.2 Å².